The van der Waals surface area contributed by atoms with E-state index in [1.54, 1.807) is 6.20 Å². The third-order valence-corrected chi connectivity index (χ3v) is 6.91. The van der Waals surface area contributed by atoms with Crippen molar-refractivity contribution in [3.8, 4) is 11.4 Å². The van der Waals surface area contributed by atoms with Crippen molar-refractivity contribution in [1.29, 1.82) is 0 Å². The third kappa shape index (κ3) is 5.46. The molecule has 0 aliphatic heterocycles. The van der Waals surface area contributed by atoms with Gasteiger partial charge in [0.25, 0.3) is 0 Å². The Kier molecular flexibility index (Phi) is 7.25. The quantitative estimate of drug-likeness (QED) is 0.498. The van der Waals surface area contributed by atoms with Gasteiger partial charge in [0, 0.05) is 35.6 Å². The topological polar surface area (TPSA) is 72.7 Å². The Morgan fingerprint density at radius 2 is 2.00 bits per heavy atom. The molecule has 1 aliphatic rings. The Morgan fingerprint density at radius 1 is 1.19 bits per heavy atom. The molecule has 1 saturated carbocycles. The van der Waals surface area contributed by atoms with E-state index in [0.29, 0.717) is 29.3 Å². The molecule has 1 aromatic carbocycles. The van der Waals surface area contributed by atoms with Crippen LogP contribution in [-0.2, 0) is 11.3 Å². The number of aromatic nitrogens is 4. The van der Waals surface area contributed by atoms with E-state index in [0.717, 1.165) is 28.5 Å². The summed E-state index contributed by atoms with van der Waals surface area (Å²) >= 11 is 7.36. The predicted octanol–water partition coefficient (Wildman–Crippen LogP) is 5.15. The molecule has 1 aliphatic carbocycles. The first-order valence-electron chi connectivity index (χ1n) is 10.6. The molecular formula is C23H26ClN5OS. The van der Waals surface area contributed by atoms with Gasteiger partial charge in [0.1, 0.15) is 0 Å². The second kappa shape index (κ2) is 10.3. The Balaban J connectivity index is 1.47. The van der Waals surface area contributed by atoms with Crippen LogP contribution in [0.3, 0.4) is 0 Å². The Hall–Kier alpha value is -2.38. The van der Waals surface area contributed by atoms with Gasteiger partial charge in [-0.25, -0.2) is 0 Å². The molecule has 0 bridgehead atoms. The molecule has 1 N–H and O–H groups in total. The van der Waals surface area contributed by atoms with Crippen molar-refractivity contribution >= 4 is 29.3 Å². The van der Waals surface area contributed by atoms with Gasteiger partial charge in [-0.3, -0.25) is 14.3 Å². The van der Waals surface area contributed by atoms with E-state index >= 15 is 0 Å². The largest absolute Gasteiger partial charge is 0.351 e. The summed E-state index contributed by atoms with van der Waals surface area (Å²) in [5, 5.41) is 13.4. The number of nitrogens with zero attached hydrogens (tertiary/aromatic N) is 4. The van der Waals surface area contributed by atoms with E-state index in [1.807, 2.05) is 42.6 Å². The highest BCUT2D eigenvalue weighted by molar-refractivity contribution is 7.99. The minimum atomic E-state index is -0.0332. The van der Waals surface area contributed by atoms with Crippen molar-refractivity contribution in [3.63, 3.8) is 0 Å². The zero-order chi connectivity index (χ0) is 21.6. The molecule has 2 aromatic heterocycles. The summed E-state index contributed by atoms with van der Waals surface area (Å²) in [4.78, 5) is 16.7. The maximum Gasteiger partial charge on any atom is 0.230 e. The molecule has 162 valence electrons. The first-order valence-corrected chi connectivity index (χ1v) is 12.0. The van der Waals surface area contributed by atoms with Crippen molar-refractivity contribution in [3.05, 3.63) is 59.4 Å². The zero-order valence-corrected chi connectivity index (χ0v) is 19.1. The summed E-state index contributed by atoms with van der Waals surface area (Å²) in [5.74, 6) is 1.63. The van der Waals surface area contributed by atoms with Crippen LogP contribution in [-0.4, -0.2) is 31.4 Å². The number of hydrogen-bond donors (Lipinski definition) is 1. The number of pyridine rings is 1. The van der Waals surface area contributed by atoms with Gasteiger partial charge in [-0.05, 0) is 48.6 Å². The number of hydrogen-bond acceptors (Lipinski definition) is 5. The summed E-state index contributed by atoms with van der Waals surface area (Å²) < 4.78 is 2.23. The minimum Gasteiger partial charge on any atom is -0.351 e. The molecular weight excluding hydrogens is 430 g/mol. The van der Waals surface area contributed by atoms with Crippen LogP contribution in [0, 0.1) is 5.92 Å². The van der Waals surface area contributed by atoms with E-state index in [1.165, 1.54) is 31.0 Å². The number of carbonyl (C=O) groups excluding carboxylic acids is 1. The smallest absolute Gasteiger partial charge is 0.230 e. The van der Waals surface area contributed by atoms with Gasteiger partial charge in [-0.2, -0.15) is 0 Å². The van der Waals surface area contributed by atoms with Crippen molar-refractivity contribution in [2.24, 2.45) is 5.92 Å². The molecule has 0 saturated heterocycles. The fourth-order valence-corrected chi connectivity index (χ4v) is 4.98. The summed E-state index contributed by atoms with van der Waals surface area (Å²) in [7, 11) is 0. The molecule has 4 rings (SSSR count). The van der Waals surface area contributed by atoms with Crippen LogP contribution in [0.25, 0.3) is 11.4 Å². The van der Waals surface area contributed by atoms with E-state index in [-0.39, 0.29) is 5.91 Å². The summed E-state index contributed by atoms with van der Waals surface area (Å²) in [6, 6.07) is 11.7. The van der Waals surface area contributed by atoms with E-state index in [4.69, 9.17) is 11.6 Å². The maximum absolute atomic E-state index is 12.5. The van der Waals surface area contributed by atoms with Crippen LogP contribution in [0.1, 0.15) is 44.2 Å². The number of carbonyl (C=O) groups is 1. The molecule has 0 unspecified atom stereocenters. The van der Waals surface area contributed by atoms with Crippen molar-refractivity contribution in [2.75, 3.05) is 5.75 Å². The SMILES string of the molecule is C[C@@H]1CCCC[C@@H]1n1c(SCC(=O)NCc2ccc(Cl)cc2)nnc1-c1cccnc1. The first kappa shape index (κ1) is 21.8. The van der Waals surface area contributed by atoms with Crippen molar-refractivity contribution in [1.82, 2.24) is 25.1 Å². The second-order valence-electron chi connectivity index (χ2n) is 7.94. The summed E-state index contributed by atoms with van der Waals surface area (Å²) in [6.45, 7) is 2.77. The predicted molar refractivity (Wildman–Crippen MR) is 124 cm³/mol. The molecule has 1 fully saturated rings. The lowest BCUT2D eigenvalue weighted by Gasteiger charge is -2.31. The lowest BCUT2D eigenvalue weighted by molar-refractivity contribution is -0.118. The van der Waals surface area contributed by atoms with Crippen LogP contribution in [0.5, 0.6) is 0 Å². The normalized spacial score (nSPS) is 18.6. The average Bonchev–Trinajstić information content (AvgIpc) is 3.22. The number of benzene rings is 1. The molecule has 0 spiro atoms. The Bertz CT molecular complexity index is 1010. The molecule has 2 heterocycles. The second-order valence-corrected chi connectivity index (χ2v) is 9.32. The van der Waals surface area contributed by atoms with Crippen LogP contribution < -0.4 is 5.32 Å². The zero-order valence-electron chi connectivity index (χ0n) is 17.5. The van der Waals surface area contributed by atoms with Crippen LogP contribution in [0.15, 0.2) is 53.9 Å². The molecule has 1 amide bonds. The fourth-order valence-electron chi connectivity index (χ4n) is 4.03. The number of thioether (sulfide) groups is 1. The van der Waals surface area contributed by atoms with Crippen LogP contribution >= 0.6 is 23.4 Å². The lowest BCUT2D eigenvalue weighted by atomic mass is 9.85. The molecule has 0 radical (unpaired) electrons. The fraction of sp³-hybridized carbons (Fsp3) is 0.391. The third-order valence-electron chi connectivity index (χ3n) is 5.72. The number of halogens is 1. The van der Waals surface area contributed by atoms with Gasteiger partial charge >= 0.3 is 0 Å². The summed E-state index contributed by atoms with van der Waals surface area (Å²) in [5.41, 5.74) is 1.97. The first-order chi connectivity index (χ1) is 15.1. The van der Waals surface area contributed by atoms with Gasteiger partial charge < -0.3 is 5.32 Å². The summed E-state index contributed by atoms with van der Waals surface area (Å²) in [6.07, 6.45) is 8.34. The van der Waals surface area contributed by atoms with Crippen molar-refractivity contribution in [2.45, 2.75) is 50.4 Å². The van der Waals surface area contributed by atoms with Gasteiger partial charge in [-0.15, -0.1) is 10.2 Å². The number of nitrogens with one attached hydrogen (secondary N) is 1. The molecule has 2 atom stereocenters. The van der Waals surface area contributed by atoms with E-state index < -0.39 is 0 Å². The van der Waals surface area contributed by atoms with Gasteiger partial charge in [0.05, 0.1) is 5.75 Å². The number of rotatable bonds is 7. The molecule has 3 aromatic rings. The van der Waals surface area contributed by atoms with E-state index in [2.05, 4.69) is 32.0 Å². The minimum absolute atomic E-state index is 0.0332. The van der Waals surface area contributed by atoms with Crippen LogP contribution in [0.2, 0.25) is 5.02 Å². The van der Waals surface area contributed by atoms with Gasteiger partial charge in [-0.1, -0.05) is 55.3 Å². The highest BCUT2D eigenvalue weighted by atomic mass is 35.5. The highest BCUT2D eigenvalue weighted by Crippen LogP contribution is 2.38. The monoisotopic (exact) mass is 455 g/mol. The van der Waals surface area contributed by atoms with Crippen molar-refractivity contribution < 1.29 is 4.79 Å². The maximum atomic E-state index is 12.5. The lowest BCUT2D eigenvalue weighted by Crippen LogP contribution is -2.25. The molecule has 6 nitrogen and oxygen atoms in total. The Labute approximate surface area is 191 Å². The number of amides is 1. The van der Waals surface area contributed by atoms with Crippen LogP contribution in [0.4, 0.5) is 0 Å². The molecule has 8 heteroatoms. The highest BCUT2D eigenvalue weighted by Gasteiger charge is 2.29. The molecule has 31 heavy (non-hydrogen) atoms. The van der Waals surface area contributed by atoms with E-state index in [9.17, 15) is 4.79 Å². The standard InChI is InChI=1S/C23H26ClN5OS/c1-16-5-2-3-7-20(16)29-22(18-6-4-12-25-14-18)27-28-23(29)31-15-21(30)26-13-17-8-10-19(24)11-9-17/h4,6,8-12,14,16,20H,2-3,5,7,13,15H2,1H3,(H,26,30)/t16-,20+/m1/s1. The Morgan fingerprint density at radius 3 is 2.74 bits per heavy atom. The van der Waals surface area contributed by atoms with Gasteiger partial charge in [0.2, 0.25) is 5.91 Å². The average molecular weight is 456 g/mol. The van der Waals surface area contributed by atoms with Gasteiger partial charge in [0.15, 0.2) is 11.0 Å².